The van der Waals surface area contributed by atoms with Crippen LogP contribution in [0.15, 0.2) is 91.1 Å². The molecule has 6 nitrogen and oxygen atoms in total. The molecule has 1 aromatic heterocycles. The molecule has 2 atom stereocenters. The molecular weight excluding hydrogens is 440 g/mol. The van der Waals surface area contributed by atoms with Crippen molar-refractivity contribution in [2.75, 3.05) is 18.5 Å². The average Bonchev–Trinajstić information content (AvgIpc) is 3.42. The Morgan fingerprint density at radius 1 is 0.857 bits per heavy atom. The Bertz CT molecular complexity index is 1400. The fourth-order valence-electron chi connectivity index (χ4n) is 5.51. The zero-order chi connectivity index (χ0) is 23.4. The Morgan fingerprint density at radius 2 is 1.60 bits per heavy atom. The number of carbonyl (C=O) groups is 1. The lowest BCUT2D eigenvalue weighted by atomic mass is 9.79. The van der Waals surface area contributed by atoms with E-state index in [4.69, 9.17) is 14.2 Å². The van der Waals surface area contributed by atoms with E-state index in [1.165, 1.54) is 0 Å². The van der Waals surface area contributed by atoms with Crippen LogP contribution in [0.3, 0.4) is 0 Å². The number of anilines is 1. The molecule has 4 aromatic rings. The molecule has 35 heavy (non-hydrogen) atoms. The summed E-state index contributed by atoms with van der Waals surface area (Å²) in [6.45, 7) is 0.595. The maximum Gasteiger partial charge on any atom is 0.244 e. The molecule has 0 fully saturated rings. The van der Waals surface area contributed by atoms with Crippen LogP contribution in [0, 0.1) is 0 Å². The number of ether oxygens (including phenoxy) is 3. The lowest BCUT2D eigenvalue weighted by molar-refractivity contribution is -0.119. The lowest BCUT2D eigenvalue weighted by Crippen LogP contribution is -2.38. The van der Waals surface area contributed by atoms with Gasteiger partial charge >= 0.3 is 0 Å². The summed E-state index contributed by atoms with van der Waals surface area (Å²) in [5, 5.41) is 2.97. The SMILES string of the molecule is O=C1Nc2cccnc2C12COc1cc3c(cc12)OC(C(c1ccccc1)c1ccccc1)CO3. The van der Waals surface area contributed by atoms with Crippen molar-refractivity contribution >= 4 is 11.6 Å². The number of nitrogens with one attached hydrogen (secondary N) is 1. The van der Waals surface area contributed by atoms with Crippen LogP contribution in [0.1, 0.15) is 28.3 Å². The first-order valence-electron chi connectivity index (χ1n) is 11.7. The molecule has 0 bridgehead atoms. The first-order valence-corrected chi connectivity index (χ1v) is 11.7. The number of amides is 1. The summed E-state index contributed by atoms with van der Waals surface area (Å²) in [4.78, 5) is 17.8. The third-order valence-corrected chi connectivity index (χ3v) is 7.17. The van der Waals surface area contributed by atoms with Gasteiger partial charge in [-0.15, -0.1) is 0 Å². The molecule has 1 N–H and O–H groups in total. The van der Waals surface area contributed by atoms with Crippen LogP contribution in [0.25, 0.3) is 0 Å². The summed E-state index contributed by atoms with van der Waals surface area (Å²) < 4.78 is 18.8. The fraction of sp³-hybridized carbons (Fsp3) is 0.172. The molecule has 0 radical (unpaired) electrons. The maximum absolute atomic E-state index is 13.2. The number of hydrogen-bond donors (Lipinski definition) is 1. The van der Waals surface area contributed by atoms with Crippen molar-refractivity contribution in [2.45, 2.75) is 17.4 Å². The van der Waals surface area contributed by atoms with Crippen LogP contribution in [0.2, 0.25) is 0 Å². The van der Waals surface area contributed by atoms with Crippen LogP contribution in [0.5, 0.6) is 17.2 Å². The van der Waals surface area contributed by atoms with Crippen molar-refractivity contribution in [3.63, 3.8) is 0 Å². The first-order chi connectivity index (χ1) is 17.2. The van der Waals surface area contributed by atoms with E-state index in [-0.39, 0.29) is 24.5 Å². The molecular formula is C29H22N2O4. The van der Waals surface area contributed by atoms with Crippen molar-refractivity contribution in [1.29, 1.82) is 0 Å². The number of benzene rings is 3. The molecule has 0 aliphatic carbocycles. The highest BCUT2D eigenvalue weighted by Gasteiger charge is 2.55. The van der Waals surface area contributed by atoms with E-state index < -0.39 is 5.41 Å². The van der Waals surface area contributed by atoms with Crippen molar-refractivity contribution in [2.24, 2.45) is 0 Å². The number of carbonyl (C=O) groups excluding carboxylic acids is 1. The van der Waals surface area contributed by atoms with Gasteiger partial charge < -0.3 is 19.5 Å². The molecule has 3 aliphatic rings. The highest BCUT2D eigenvalue weighted by molar-refractivity contribution is 6.09. The Balaban J connectivity index is 1.30. The second-order valence-corrected chi connectivity index (χ2v) is 9.11. The molecule has 4 heterocycles. The van der Waals surface area contributed by atoms with Crippen molar-refractivity contribution < 1.29 is 19.0 Å². The van der Waals surface area contributed by atoms with Crippen LogP contribution < -0.4 is 19.5 Å². The van der Waals surface area contributed by atoms with Gasteiger partial charge in [0, 0.05) is 23.7 Å². The summed E-state index contributed by atoms with van der Waals surface area (Å²) in [6.07, 6.45) is 1.46. The number of rotatable bonds is 3. The summed E-state index contributed by atoms with van der Waals surface area (Å²) in [7, 11) is 0. The second kappa shape index (κ2) is 7.60. The summed E-state index contributed by atoms with van der Waals surface area (Å²) in [6, 6.07) is 28.1. The highest BCUT2D eigenvalue weighted by Crippen LogP contribution is 2.53. The van der Waals surface area contributed by atoms with Gasteiger partial charge in [0.2, 0.25) is 5.91 Å². The van der Waals surface area contributed by atoms with Crippen molar-refractivity contribution in [3.05, 3.63) is 114 Å². The highest BCUT2D eigenvalue weighted by atomic mass is 16.6. The molecule has 0 saturated carbocycles. The van der Waals surface area contributed by atoms with Crippen molar-refractivity contribution in [1.82, 2.24) is 4.98 Å². The van der Waals surface area contributed by atoms with E-state index in [1.807, 2.05) is 60.7 Å². The van der Waals surface area contributed by atoms with Gasteiger partial charge in [-0.05, 0) is 29.3 Å². The van der Waals surface area contributed by atoms with Gasteiger partial charge in [0.15, 0.2) is 16.9 Å². The Kier molecular flexibility index (Phi) is 4.36. The van der Waals surface area contributed by atoms with Crippen LogP contribution in [-0.4, -0.2) is 30.2 Å². The zero-order valence-corrected chi connectivity index (χ0v) is 18.8. The lowest BCUT2D eigenvalue weighted by Gasteiger charge is -2.33. The number of aromatic nitrogens is 1. The minimum Gasteiger partial charge on any atom is -0.491 e. The van der Waals surface area contributed by atoms with E-state index in [0.29, 0.717) is 29.5 Å². The van der Waals surface area contributed by atoms with E-state index in [1.54, 1.807) is 6.20 Å². The van der Waals surface area contributed by atoms with Gasteiger partial charge in [-0.3, -0.25) is 9.78 Å². The van der Waals surface area contributed by atoms with Gasteiger partial charge in [0.05, 0.1) is 11.4 Å². The summed E-state index contributed by atoms with van der Waals surface area (Å²) in [5.41, 5.74) is 3.48. The normalized spacial score (nSPS) is 21.4. The largest absolute Gasteiger partial charge is 0.491 e. The zero-order valence-electron chi connectivity index (χ0n) is 18.8. The van der Waals surface area contributed by atoms with Gasteiger partial charge in [-0.2, -0.15) is 0 Å². The summed E-state index contributed by atoms with van der Waals surface area (Å²) >= 11 is 0. The van der Waals surface area contributed by atoms with Crippen molar-refractivity contribution in [3.8, 4) is 17.2 Å². The van der Waals surface area contributed by atoms with Gasteiger partial charge in [-0.25, -0.2) is 0 Å². The van der Waals surface area contributed by atoms with E-state index >= 15 is 0 Å². The smallest absolute Gasteiger partial charge is 0.244 e. The second-order valence-electron chi connectivity index (χ2n) is 9.11. The predicted octanol–water partition coefficient (Wildman–Crippen LogP) is 4.68. The number of nitrogens with zero attached hydrogens (tertiary/aromatic N) is 1. The standard InChI is InChI=1S/C29H22N2O4/c32-28-29(27-21(31-28)12-7-13-30-27)17-34-22-15-23-24(14-20(22)29)35-25(16-33-23)26(18-8-3-1-4-9-18)19-10-5-2-6-11-19/h1-15,25-26H,16-17H2,(H,31,32). The van der Waals surface area contributed by atoms with Crippen LogP contribution in [0.4, 0.5) is 5.69 Å². The monoisotopic (exact) mass is 462 g/mol. The third kappa shape index (κ3) is 2.96. The minimum absolute atomic E-state index is 0.0128. The van der Waals surface area contributed by atoms with Crippen LogP contribution >= 0.6 is 0 Å². The average molecular weight is 463 g/mol. The van der Waals surface area contributed by atoms with Gasteiger partial charge in [0.1, 0.15) is 25.1 Å². The molecule has 3 aliphatic heterocycles. The van der Waals surface area contributed by atoms with Gasteiger partial charge in [-0.1, -0.05) is 60.7 Å². The summed E-state index contributed by atoms with van der Waals surface area (Å²) in [5.74, 6) is 1.71. The molecule has 172 valence electrons. The number of fused-ring (bicyclic) bond motifs is 5. The van der Waals surface area contributed by atoms with E-state index in [0.717, 1.165) is 22.4 Å². The Labute approximate surface area is 202 Å². The maximum atomic E-state index is 13.2. The first kappa shape index (κ1) is 20.1. The third-order valence-electron chi connectivity index (χ3n) is 7.17. The molecule has 3 aromatic carbocycles. The minimum atomic E-state index is -0.991. The quantitative estimate of drug-likeness (QED) is 0.479. The molecule has 2 unspecified atom stereocenters. The molecule has 1 spiro atoms. The molecule has 7 rings (SSSR count). The van der Waals surface area contributed by atoms with Gasteiger partial charge in [0.25, 0.3) is 0 Å². The Hall–Kier alpha value is -4.32. The molecule has 0 saturated heterocycles. The van der Waals surface area contributed by atoms with Crippen LogP contribution in [-0.2, 0) is 10.2 Å². The number of hydrogen-bond acceptors (Lipinski definition) is 5. The van der Waals surface area contributed by atoms with E-state index in [9.17, 15) is 4.79 Å². The Morgan fingerprint density at radius 3 is 2.34 bits per heavy atom. The molecule has 1 amide bonds. The topological polar surface area (TPSA) is 69.7 Å². The molecule has 6 heteroatoms. The van der Waals surface area contributed by atoms with E-state index in [2.05, 4.69) is 34.6 Å². The predicted molar refractivity (Wildman–Crippen MR) is 130 cm³/mol. The fourth-order valence-corrected chi connectivity index (χ4v) is 5.51. The number of pyridine rings is 1.